The van der Waals surface area contributed by atoms with Gasteiger partial charge < -0.3 is 14.4 Å². The maximum Gasteiger partial charge on any atom is 0.416 e. The highest BCUT2D eigenvalue weighted by molar-refractivity contribution is 5.67. The Kier molecular flexibility index (Phi) is 5.88. The van der Waals surface area contributed by atoms with Gasteiger partial charge in [-0.1, -0.05) is 30.3 Å². The van der Waals surface area contributed by atoms with Gasteiger partial charge in [0.1, 0.15) is 18.5 Å². The van der Waals surface area contributed by atoms with Crippen LogP contribution in [0.25, 0.3) is 0 Å². The van der Waals surface area contributed by atoms with E-state index in [4.69, 9.17) is 9.47 Å². The lowest BCUT2D eigenvalue weighted by molar-refractivity contribution is -0.137. The van der Waals surface area contributed by atoms with Crippen molar-refractivity contribution in [2.75, 3.05) is 13.1 Å². The molecule has 27 heavy (non-hydrogen) atoms. The van der Waals surface area contributed by atoms with Crippen LogP contribution in [0.1, 0.15) is 24.0 Å². The monoisotopic (exact) mass is 379 g/mol. The average molecular weight is 379 g/mol. The predicted molar refractivity (Wildman–Crippen MR) is 93.3 cm³/mol. The van der Waals surface area contributed by atoms with Crippen LogP contribution in [0.5, 0.6) is 5.75 Å². The molecule has 144 valence electrons. The molecule has 1 aliphatic heterocycles. The summed E-state index contributed by atoms with van der Waals surface area (Å²) in [5, 5.41) is 0. The van der Waals surface area contributed by atoms with Crippen LogP contribution in [0.3, 0.4) is 0 Å². The number of carbonyl (C=O) groups excluding carboxylic acids is 1. The number of halogens is 3. The molecule has 2 aromatic carbocycles. The van der Waals surface area contributed by atoms with Crippen molar-refractivity contribution in [3.63, 3.8) is 0 Å². The highest BCUT2D eigenvalue weighted by atomic mass is 19.4. The lowest BCUT2D eigenvalue weighted by atomic mass is 10.1. The SMILES string of the molecule is O=C(OCc1ccccc1)N1CCCC(Oc2ccc(C(F)(F)F)cc2)C1. The van der Waals surface area contributed by atoms with E-state index >= 15 is 0 Å². The molecule has 0 radical (unpaired) electrons. The fourth-order valence-electron chi connectivity index (χ4n) is 2.93. The predicted octanol–water partition coefficient (Wildman–Crippen LogP) is 4.89. The third-order valence-electron chi connectivity index (χ3n) is 4.33. The summed E-state index contributed by atoms with van der Waals surface area (Å²) in [4.78, 5) is 13.8. The highest BCUT2D eigenvalue weighted by Crippen LogP contribution is 2.30. The number of nitrogens with zero attached hydrogens (tertiary/aromatic N) is 1. The summed E-state index contributed by atoms with van der Waals surface area (Å²) < 4.78 is 48.9. The van der Waals surface area contributed by atoms with Crippen LogP contribution in [0, 0.1) is 0 Å². The van der Waals surface area contributed by atoms with E-state index in [1.54, 1.807) is 4.90 Å². The Morgan fingerprint density at radius 1 is 1.07 bits per heavy atom. The van der Waals surface area contributed by atoms with Crippen LogP contribution in [-0.4, -0.2) is 30.2 Å². The summed E-state index contributed by atoms with van der Waals surface area (Å²) in [5.41, 5.74) is 0.185. The fourth-order valence-corrected chi connectivity index (χ4v) is 2.93. The summed E-state index contributed by atoms with van der Waals surface area (Å²) >= 11 is 0. The number of benzene rings is 2. The van der Waals surface area contributed by atoms with E-state index in [1.807, 2.05) is 30.3 Å². The summed E-state index contributed by atoms with van der Waals surface area (Å²) in [6.45, 7) is 1.11. The molecule has 1 aliphatic rings. The van der Waals surface area contributed by atoms with Crippen molar-refractivity contribution in [2.45, 2.75) is 31.7 Å². The summed E-state index contributed by atoms with van der Waals surface area (Å²) in [6.07, 6.45) is -3.60. The molecule has 2 aromatic rings. The lowest BCUT2D eigenvalue weighted by Gasteiger charge is -2.32. The first-order chi connectivity index (χ1) is 12.9. The van der Waals surface area contributed by atoms with Crippen molar-refractivity contribution in [1.29, 1.82) is 0 Å². The van der Waals surface area contributed by atoms with Crippen LogP contribution in [-0.2, 0) is 17.5 Å². The number of piperidine rings is 1. The molecule has 0 aromatic heterocycles. The van der Waals surface area contributed by atoms with E-state index in [1.165, 1.54) is 12.1 Å². The van der Waals surface area contributed by atoms with Crippen LogP contribution >= 0.6 is 0 Å². The Morgan fingerprint density at radius 2 is 1.78 bits per heavy atom. The number of ether oxygens (including phenoxy) is 2. The normalized spacial score (nSPS) is 17.4. The molecule has 1 fully saturated rings. The first kappa shape index (κ1) is 19.1. The van der Waals surface area contributed by atoms with Gasteiger partial charge in [-0.15, -0.1) is 0 Å². The van der Waals surface area contributed by atoms with Gasteiger partial charge in [-0.05, 0) is 42.7 Å². The third kappa shape index (κ3) is 5.39. The van der Waals surface area contributed by atoms with Crippen molar-refractivity contribution in [1.82, 2.24) is 4.90 Å². The van der Waals surface area contributed by atoms with Crippen LogP contribution < -0.4 is 4.74 Å². The number of hydrogen-bond acceptors (Lipinski definition) is 3. The number of hydrogen-bond donors (Lipinski definition) is 0. The van der Waals surface area contributed by atoms with Gasteiger partial charge in [-0.25, -0.2) is 4.79 Å². The number of likely N-dealkylation sites (tertiary alicyclic amines) is 1. The Hall–Kier alpha value is -2.70. The number of carbonyl (C=O) groups is 1. The van der Waals surface area contributed by atoms with Gasteiger partial charge in [-0.2, -0.15) is 13.2 Å². The molecule has 0 bridgehead atoms. The van der Waals surface area contributed by atoms with Crippen LogP contribution in [0.4, 0.5) is 18.0 Å². The Balaban J connectivity index is 1.52. The zero-order valence-electron chi connectivity index (χ0n) is 14.6. The van der Waals surface area contributed by atoms with Gasteiger partial charge >= 0.3 is 12.3 Å². The van der Waals surface area contributed by atoms with Crippen LogP contribution in [0.15, 0.2) is 54.6 Å². The molecule has 0 N–H and O–H groups in total. The average Bonchev–Trinajstić information content (AvgIpc) is 2.67. The summed E-state index contributed by atoms with van der Waals surface area (Å²) in [5.74, 6) is 0.354. The molecule has 1 amide bonds. The van der Waals surface area contributed by atoms with E-state index in [9.17, 15) is 18.0 Å². The first-order valence-electron chi connectivity index (χ1n) is 8.71. The smallest absolute Gasteiger partial charge is 0.416 e. The topological polar surface area (TPSA) is 38.8 Å². The van der Waals surface area contributed by atoms with Gasteiger partial charge in [0.2, 0.25) is 0 Å². The van der Waals surface area contributed by atoms with E-state index < -0.39 is 17.8 Å². The zero-order chi connectivity index (χ0) is 19.3. The van der Waals surface area contributed by atoms with Gasteiger partial charge in [0.05, 0.1) is 12.1 Å². The van der Waals surface area contributed by atoms with Crippen molar-refractivity contribution in [2.24, 2.45) is 0 Å². The van der Waals surface area contributed by atoms with E-state index in [2.05, 4.69) is 0 Å². The number of alkyl halides is 3. The number of amides is 1. The van der Waals surface area contributed by atoms with Crippen LogP contribution in [0.2, 0.25) is 0 Å². The quantitative estimate of drug-likeness (QED) is 0.760. The summed E-state index contributed by atoms with van der Waals surface area (Å²) in [7, 11) is 0. The molecule has 1 atom stereocenters. The van der Waals surface area contributed by atoms with Gasteiger partial charge in [0.15, 0.2) is 0 Å². The Bertz CT molecular complexity index is 747. The van der Waals surface area contributed by atoms with E-state index in [0.29, 0.717) is 18.8 Å². The lowest BCUT2D eigenvalue weighted by Crippen LogP contribution is -2.44. The molecule has 1 saturated heterocycles. The minimum Gasteiger partial charge on any atom is -0.489 e. The summed E-state index contributed by atoms with van der Waals surface area (Å²) in [6, 6.07) is 14.0. The van der Waals surface area contributed by atoms with Crippen molar-refractivity contribution >= 4 is 6.09 Å². The molecule has 0 saturated carbocycles. The standard InChI is InChI=1S/C20H20F3NO3/c21-20(22,23)16-8-10-17(11-9-16)27-18-7-4-12-24(13-18)19(25)26-14-15-5-2-1-3-6-15/h1-3,5-6,8-11,18H,4,7,12-14H2. The van der Waals surface area contributed by atoms with Gasteiger partial charge in [-0.3, -0.25) is 0 Å². The molecule has 0 aliphatic carbocycles. The largest absolute Gasteiger partial charge is 0.489 e. The second kappa shape index (κ2) is 8.33. The van der Waals surface area contributed by atoms with Crippen molar-refractivity contribution < 1.29 is 27.4 Å². The van der Waals surface area contributed by atoms with Crippen molar-refractivity contribution in [3.8, 4) is 5.75 Å². The zero-order valence-corrected chi connectivity index (χ0v) is 14.6. The molecule has 0 spiro atoms. The number of rotatable bonds is 4. The molecule has 1 unspecified atom stereocenters. The van der Waals surface area contributed by atoms with Crippen molar-refractivity contribution in [3.05, 3.63) is 65.7 Å². The molecule has 3 rings (SSSR count). The second-order valence-electron chi connectivity index (χ2n) is 6.39. The molecular formula is C20H20F3NO3. The minimum absolute atomic E-state index is 0.195. The molecule has 4 nitrogen and oxygen atoms in total. The third-order valence-corrected chi connectivity index (χ3v) is 4.33. The second-order valence-corrected chi connectivity index (χ2v) is 6.39. The maximum atomic E-state index is 12.6. The highest BCUT2D eigenvalue weighted by Gasteiger charge is 2.30. The maximum absolute atomic E-state index is 12.6. The Labute approximate surface area is 155 Å². The first-order valence-corrected chi connectivity index (χ1v) is 8.71. The molecular weight excluding hydrogens is 359 g/mol. The Morgan fingerprint density at radius 3 is 2.44 bits per heavy atom. The molecule has 7 heteroatoms. The van der Waals surface area contributed by atoms with E-state index in [0.717, 1.165) is 30.5 Å². The van der Waals surface area contributed by atoms with Gasteiger partial charge in [0, 0.05) is 6.54 Å². The van der Waals surface area contributed by atoms with Gasteiger partial charge in [0.25, 0.3) is 0 Å². The fraction of sp³-hybridized carbons (Fsp3) is 0.350. The van der Waals surface area contributed by atoms with E-state index in [-0.39, 0.29) is 12.7 Å². The minimum atomic E-state index is -4.37. The molecule has 1 heterocycles.